The molecule has 2 aliphatic heterocycles. The molecule has 0 radical (unpaired) electrons. The van der Waals surface area contributed by atoms with E-state index in [-0.39, 0.29) is 12.5 Å². The van der Waals surface area contributed by atoms with Gasteiger partial charge in [-0.3, -0.25) is 24.0 Å². The standard InChI is InChI=1S/C31H34ClNO11/c1-15(34)39-14-25-27(40-16(2)35)29(42-18(4)37)28(41-17(3)36)26(43-25)20-8-9-22(32)21(13-20)11-19-7-10-24-23(12-19)33-30(38)31(5,6)44-24/h7-10,12-13,25-29H,11,14H2,1-6H3,(H,33,38)/t25-,26+,27?,28?,29?/m1/s1. The third-order valence-corrected chi connectivity index (χ3v) is 7.36. The lowest BCUT2D eigenvalue weighted by molar-refractivity contribution is -0.254. The number of hydrogen-bond donors (Lipinski definition) is 1. The number of ether oxygens (including phenoxy) is 6. The monoisotopic (exact) mass is 631 g/mol. The van der Waals surface area contributed by atoms with E-state index in [1.807, 2.05) is 6.07 Å². The Bertz CT molecular complexity index is 1470. The number of halogens is 1. The maximum atomic E-state index is 12.4. The zero-order valence-corrected chi connectivity index (χ0v) is 25.9. The van der Waals surface area contributed by atoms with Gasteiger partial charge in [-0.25, -0.2) is 0 Å². The van der Waals surface area contributed by atoms with Gasteiger partial charge in [0.15, 0.2) is 23.9 Å². The van der Waals surface area contributed by atoms with Gasteiger partial charge in [0.05, 0.1) is 5.69 Å². The molecule has 236 valence electrons. The number of fused-ring (bicyclic) bond motifs is 1. The summed E-state index contributed by atoms with van der Waals surface area (Å²) in [6.45, 7) is 7.72. The molecule has 0 saturated carbocycles. The van der Waals surface area contributed by atoms with Crippen molar-refractivity contribution in [2.24, 2.45) is 0 Å². The first-order valence-corrected chi connectivity index (χ1v) is 14.2. The maximum Gasteiger partial charge on any atom is 0.303 e. The highest BCUT2D eigenvalue weighted by atomic mass is 35.5. The van der Waals surface area contributed by atoms with Gasteiger partial charge in [-0.15, -0.1) is 0 Å². The van der Waals surface area contributed by atoms with E-state index in [9.17, 15) is 24.0 Å². The molecule has 0 bridgehead atoms. The van der Waals surface area contributed by atoms with E-state index < -0.39 is 60.0 Å². The Morgan fingerprint density at radius 1 is 0.864 bits per heavy atom. The van der Waals surface area contributed by atoms with Gasteiger partial charge in [0.1, 0.15) is 24.6 Å². The highest BCUT2D eigenvalue weighted by molar-refractivity contribution is 6.31. The number of amides is 1. The Labute approximate surface area is 259 Å². The summed E-state index contributed by atoms with van der Waals surface area (Å²) in [5, 5.41) is 3.29. The van der Waals surface area contributed by atoms with Crippen LogP contribution in [0.5, 0.6) is 5.75 Å². The number of benzene rings is 2. The Balaban J connectivity index is 1.72. The quantitative estimate of drug-likeness (QED) is 0.334. The molecule has 44 heavy (non-hydrogen) atoms. The predicted octanol–water partition coefficient (Wildman–Crippen LogP) is 3.84. The third kappa shape index (κ3) is 7.67. The minimum absolute atomic E-state index is 0.272. The smallest absolute Gasteiger partial charge is 0.303 e. The number of rotatable bonds is 8. The average Bonchev–Trinajstić information content (AvgIpc) is 2.91. The van der Waals surface area contributed by atoms with E-state index in [1.165, 1.54) is 13.8 Å². The van der Waals surface area contributed by atoms with Crippen LogP contribution in [0.15, 0.2) is 36.4 Å². The molecule has 1 N–H and O–H groups in total. The van der Waals surface area contributed by atoms with Crippen LogP contribution >= 0.6 is 11.6 Å². The molecule has 13 heteroatoms. The van der Waals surface area contributed by atoms with Crippen molar-refractivity contribution in [3.05, 3.63) is 58.1 Å². The Morgan fingerprint density at radius 2 is 1.50 bits per heavy atom. The molecule has 2 aromatic carbocycles. The largest absolute Gasteiger partial charge is 0.476 e. The van der Waals surface area contributed by atoms with E-state index in [0.717, 1.165) is 19.4 Å². The molecule has 0 aromatic heterocycles. The van der Waals surface area contributed by atoms with Crippen molar-refractivity contribution in [3.8, 4) is 5.75 Å². The molecule has 0 aliphatic carbocycles. The normalized spacial score (nSPS) is 23.7. The van der Waals surface area contributed by atoms with E-state index in [2.05, 4.69) is 5.32 Å². The van der Waals surface area contributed by atoms with Crippen LogP contribution < -0.4 is 10.1 Å². The number of carbonyl (C=O) groups excluding carboxylic acids is 5. The van der Waals surface area contributed by atoms with Crippen LogP contribution in [0.3, 0.4) is 0 Å². The van der Waals surface area contributed by atoms with Crippen LogP contribution in [-0.4, -0.2) is 66.4 Å². The summed E-state index contributed by atoms with van der Waals surface area (Å²) in [6.07, 6.45) is -5.61. The minimum atomic E-state index is -1.30. The van der Waals surface area contributed by atoms with E-state index in [1.54, 1.807) is 44.2 Å². The molecule has 3 unspecified atom stereocenters. The Kier molecular flexibility index (Phi) is 9.85. The number of carbonyl (C=O) groups is 5. The third-order valence-electron chi connectivity index (χ3n) is 6.99. The number of hydrogen-bond acceptors (Lipinski definition) is 11. The van der Waals surface area contributed by atoms with Crippen molar-refractivity contribution in [2.75, 3.05) is 11.9 Å². The zero-order chi connectivity index (χ0) is 32.3. The lowest BCUT2D eigenvalue weighted by Crippen LogP contribution is -2.59. The van der Waals surface area contributed by atoms with Gasteiger partial charge in [-0.05, 0) is 55.2 Å². The second-order valence-corrected chi connectivity index (χ2v) is 11.5. The number of nitrogens with one attached hydrogen (secondary N) is 1. The first-order valence-electron chi connectivity index (χ1n) is 13.9. The van der Waals surface area contributed by atoms with Gasteiger partial charge in [0.2, 0.25) is 0 Å². The van der Waals surface area contributed by atoms with Crippen molar-refractivity contribution in [2.45, 2.75) is 84.1 Å². The molecule has 2 aliphatic rings. The van der Waals surface area contributed by atoms with Crippen LogP contribution in [0.2, 0.25) is 5.02 Å². The highest BCUT2D eigenvalue weighted by Crippen LogP contribution is 2.40. The average molecular weight is 632 g/mol. The van der Waals surface area contributed by atoms with E-state index in [0.29, 0.717) is 34.0 Å². The van der Waals surface area contributed by atoms with Gasteiger partial charge in [-0.1, -0.05) is 29.8 Å². The second-order valence-electron chi connectivity index (χ2n) is 11.0. The summed E-state index contributed by atoms with van der Waals surface area (Å²) in [4.78, 5) is 60.5. The van der Waals surface area contributed by atoms with Gasteiger partial charge in [0, 0.05) is 32.7 Å². The van der Waals surface area contributed by atoms with Crippen molar-refractivity contribution in [3.63, 3.8) is 0 Å². The first kappa shape index (κ1) is 32.7. The van der Waals surface area contributed by atoms with Crippen LogP contribution in [-0.2, 0) is 54.1 Å². The first-order chi connectivity index (χ1) is 20.6. The fourth-order valence-corrected chi connectivity index (χ4v) is 5.28. The summed E-state index contributed by atoms with van der Waals surface area (Å²) < 4.78 is 33.9. The fraction of sp³-hybridized carbons (Fsp3) is 0.452. The van der Waals surface area contributed by atoms with Gasteiger partial charge >= 0.3 is 23.9 Å². The summed E-state index contributed by atoms with van der Waals surface area (Å²) in [6, 6.07) is 10.5. The molecule has 1 saturated heterocycles. The molecular weight excluding hydrogens is 598 g/mol. The molecule has 12 nitrogen and oxygen atoms in total. The fourth-order valence-electron chi connectivity index (χ4n) is 5.09. The predicted molar refractivity (Wildman–Crippen MR) is 155 cm³/mol. The second kappa shape index (κ2) is 13.2. The van der Waals surface area contributed by atoms with E-state index in [4.69, 9.17) is 40.0 Å². The highest BCUT2D eigenvalue weighted by Gasteiger charge is 2.52. The lowest BCUT2D eigenvalue weighted by atomic mass is 9.89. The van der Waals surface area contributed by atoms with Crippen molar-refractivity contribution < 1.29 is 52.4 Å². The van der Waals surface area contributed by atoms with Crippen LogP contribution in [0.1, 0.15) is 64.3 Å². The zero-order valence-electron chi connectivity index (χ0n) is 25.1. The van der Waals surface area contributed by atoms with Gasteiger partial charge < -0.3 is 33.7 Å². The lowest BCUT2D eigenvalue weighted by Gasteiger charge is -2.44. The van der Waals surface area contributed by atoms with Crippen molar-refractivity contribution >= 4 is 47.1 Å². The molecule has 1 amide bonds. The van der Waals surface area contributed by atoms with E-state index >= 15 is 0 Å². The van der Waals surface area contributed by atoms with Gasteiger partial charge in [-0.2, -0.15) is 0 Å². The van der Waals surface area contributed by atoms with Crippen molar-refractivity contribution in [1.29, 1.82) is 0 Å². The molecular formula is C31H34ClNO11. The topological polar surface area (TPSA) is 153 Å². The maximum absolute atomic E-state index is 12.4. The molecule has 2 aromatic rings. The molecule has 4 rings (SSSR count). The molecule has 5 atom stereocenters. The Morgan fingerprint density at radius 3 is 2.14 bits per heavy atom. The summed E-state index contributed by atoms with van der Waals surface area (Å²) in [7, 11) is 0. The van der Waals surface area contributed by atoms with Crippen LogP contribution in [0, 0.1) is 0 Å². The minimum Gasteiger partial charge on any atom is -0.476 e. The summed E-state index contributed by atoms with van der Waals surface area (Å²) in [5.41, 5.74) is 1.50. The number of esters is 4. The van der Waals surface area contributed by atoms with Gasteiger partial charge in [0.25, 0.3) is 5.91 Å². The van der Waals surface area contributed by atoms with Crippen LogP contribution in [0.4, 0.5) is 5.69 Å². The number of anilines is 1. The van der Waals surface area contributed by atoms with Crippen molar-refractivity contribution in [1.82, 2.24) is 0 Å². The molecule has 0 spiro atoms. The summed E-state index contributed by atoms with van der Waals surface area (Å²) in [5.74, 6) is -2.48. The summed E-state index contributed by atoms with van der Waals surface area (Å²) >= 11 is 6.60. The molecule has 2 heterocycles. The Hall–Kier alpha value is -4.16. The SMILES string of the molecule is CC(=O)OC[C@H]1O[C@@H](c2ccc(Cl)c(Cc3ccc4c(c3)NC(=O)C(C)(C)O4)c2)C(OC(C)=O)C(OC(C)=O)C1OC(C)=O. The molecule has 1 fully saturated rings. The van der Waals surface area contributed by atoms with Crippen LogP contribution in [0.25, 0.3) is 0 Å².